The van der Waals surface area contributed by atoms with Crippen molar-refractivity contribution in [1.82, 2.24) is 5.32 Å². The molecule has 2 aliphatic rings. The van der Waals surface area contributed by atoms with E-state index in [1.54, 1.807) is 30.3 Å². The Bertz CT molecular complexity index is 1200. The Kier molecular flexibility index (Phi) is 5.98. The van der Waals surface area contributed by atoms with Gasteiger partial charge in [0.2, 0.25) is 0 Å². The van der Waals surface area contributed by atoms with Crippen LogP contribution in [-0.4, -0.2) is 37.0 Å². The van der Waals surface area contributed by atoms with E-state index in [0.29, 0.717) is 17.4 Å². The van der Waals surface area contributed by atoms with Crippen molar-refractivity contribution in [2.75, 3.05) is 23.5 Å². The van der Waals surface area contributed by atoms with Gasteiger partial charge in [-0.3, -0.25) is 14.9 Å². The molecule has 0 radical (unpaired) electrons. The second-order valence-corrected chi connectivity index (χ2v) is 9.59. The minimum Gasteiger partial charge on any atom is -0.497 e. The first kappa shape index (κ1) is 23.5. The number of benzene rings is 2. The topological polar surface area (TPSA) is 79.0 Å². The molecule has 1 N–H and O–H groups in total. The molecule has 0 unspecified atom stereocenters. The first-order valence-corrected chi connectivity index (χ1v) is 11.5. The zero-order chi connectivity index (χ0) is 24.8. The van der Waals surface area contributed by atoms with E-state index >= 15 is 0 Å². The van der Waals surface area contributed by atoms with Crippen molar-refractivity contribution in [2.24, 2.45) is 0 Å². The number of imide groups is 2. The molecule has 1 atom stereocenters. The predicted molar refractivity (Wildman–Crippen MR) is 133 cm³/mol. The summed E-state index contributed by atoms with van der Waals surface area (Å²) in [6, 6.07) is 9.98. The second kappa shape index (κ2) is 8.63. The standard InChI is InChI=1S/C27H31N3O4/c1-7-29-23-12-16(2)18(13-21(23)17(3)15-27(29,4)5)14-22-24(31)28-26(33)30(25(22)32)19-8-10-20(34-6)11-9-19/h8-14,17H,7,15H2,1-6H3,(H,28,31,33)/b22-14+/t17-/m1/s1. The Morgan fingerprint density at radius 1 is 1.15 bits per heavy atom. The highest BCUT2D eigenvalue weighted by Gasteiger charge is 2.38. The van der Waals surface area contributed by atoms with Crippen LogP contribution in [0.15, 0.2) is 42.0 Å². The first-order chi connectivity index (χ1) is 16.1. The Hall–Kier alpha value is -3.61. The fourth-order valence-corrected chi connectivity index (χ4v) is 5.18. The van der Waals surface area contributed by atoms with E-state index in [0.717, 1.165) is 29.0 Å². The van der Waals surface area contributed by atoms with Gasteiger partial charge in [-0.05, 0) is 99.2 Å². The van der Waals surface area contributed by atoms with Crippen molar-refractivity contribution < 1.29 is 19.1 Å². The molecule has 0 saturated carbocycles. The fourth-order valence-electron chi connectivity index (χ4n) is 5.18. The Balaban J connectivity index is 1.75. The van der Waals surface area contributed by atoms with Gasteiger partial charge in [0, 0.05) is 17.8 Å². The normalized spacial score (nSPS) is 20.9. The van der Waals surface area contributed by atoms with Crippen molar-refractivity contribution in [3.8, 4) is 5.75 Å². The van der Waals surface area contributed by atoms with Gasteiger partial charge in [0.25, 0.3) is 11.8 Å². The van der Waals surface area contributed by atoms with Crippen LogP contribution >= 0.6 is 0 Å². The third kappa shape index (κ3) is 3.95. The van der Waals surface area contributed by atoms with Crippen molar-refractivity contribution >= 4 is 35.3 Å². The number of hydrogen-bond acceptors (Lipinski definition) is 5. The fraction of sp³-hybridized carbons (Fsp3) is 0.370. The molecule has 1 fully saturated rings. The number of carbonyl (C=O) groups excluding carboxylic acids is 3. The van der Waals surface area contributed by atoms with Crippen molar-refractivity contribution in [3.63, 3.8) is 0 Å². The molecule has 34 heavy (non-hydrogen) atoms. The number of urea groups is 1. The molecule has 7 heteroatoms. The van der Waals surface area contributed by atoms with E-state index in [-0.39, 0.29) is 11.1 Å². The average Bonchev–Trinajstić information content (AvgIpc) is 2.77. The van der Waals surface area contributed by atoms with E-state index < -0.39 is 17.8 Å². The molecule has 2 aromatic rings. The van der Waals surface area contributed by atoms with E-state index in [1.165, 1.54) is 18.4 Å². The summed E-state index contributed by atoms with van der Waals surface area (Å²) in [5.74, 6) is -0.413. The molecule has 0 aliphatic carbocycles. The molecule has 0 spiro atoms. The summed E-state index contributed by atoms with van der Waals surface area (Å²) in [5.41, 5.74) is 4.48. The molecule has 4 amide bonds. The van der Waals surface area contributed by atoms with Crippen molar-refractivity contribution in [2.45, 2.75) is 52.5 Å². The van der Waals surface area contributed by atoms with Gasteiger partial charge in [-0.15, -0.1) is 0 Å². The Morgan fingerprint density at radius 2 is 1.82 bits per heavy atom. The van der Waals surface area contributed by atoms with Crippen LogP contribution < -0.4 is 19.9 Å². The lowest BCUT2D eigenvalue weighted by Gasteiger charge is -2.47. The quantitative estimate of drug-likeness (QED) is 0.524. The summed E-state index contributed by atoms with van der Waals surface area (Å²) in [6.45, 7) is 11.8. The lowest BCUT2D eigenvalue weighted by molar-refractivity contribution is -0.122. The SMILES string of the molecule is CCN1c2cc(C)c(/C=C3\C(=O)NC(=O)N(c4ccc(OC)cc4)C3=O)cc2[C@H](C)CC1(C)C. The van der Waals surface area contributed by atoms with Crippen LogP contribution in [0.2, 0.25) is 0 Å². The van der Waals surface area contributed by atoms with Crippen LogP contribution in [0.5, 0.6) is 5.75 Å². The highest BCUT2D eigenvalue weighted by Crippen LogP contribution is 2.44. The molecule has 2 heterocycles. The zero-order valence-electron chi connectivity index (χ0n) is 20.6. The maximum absolute atomic E-state index is 13.3. The van der Waals surface area contributed by atoms with Gasteiger partial charge in [0.05, 0.1) is 12.8 Å². The number of fused-ring (bicyclic) bond motifs is 1. The first-order valence-electron chi connectivity index (χ1n) is 11.5. The monoisotopic (exact) mass is 461 g/mol. The van der Waals surface area contributed by atoms with E-state index in [1.807, 2.05) is 6.92 Å². The number of nitrogens with zero attached hydrogens (tertiary/aromatic N) is 2. The maximum Gasteiger partial charge on any atom is 0.335 e. The Labute approximate surface area is 200 Å². The summed E-state index contributed by atoms with van der Waals surface area (Å²) < 4.78 is 5.15. The van der Waals surface area contributed by atoms with Crippen LogP contribution in [0.25, 0.3) is 6.08 Å². The minimum absolute atomic E-state index is 0.0477. The number of amides is 4. The average molecular weight is 462 g/mol. The number of rotatable bonds is 4. The molecule has 7 nitrogen and oxygen atoms in total. The number of methoxy groups -OCH3 is 1. The van der Waals surface area contributed by atoms with Crippen LogP contribution in [-0.2, 0) is 9.59 Å². The molecular formula is C27H31N3O4. The summed E-state index contributed by atoms with van der Waals surface area (Å²) in [7, 11) is 1.54. The molecule has 2 aromatic carbocycles. The van der Waals surface area contributed by atoms with Crippen LogP contribution in [0.4, 0.5) is 16.2 Å². The second-order valence-electron chi connectivity index (χ2n) is 9.59. The summed E-state index contributed by atoms with van der Waals surface area (Å²) in [6.07, 6.45) is 2.60. The van der Waals surface area contributed by atoms with Gasteiger partial charge in [0.1, 0.15) is 11.3 Å². The smallest absolute Gasteiger partial charge is 0.335 e. The van der Waals surface area contributed by atoms with Gasteiger partial charge < -0.3 is 9.64 Å². The molecule has 0 aromatic heterocycles. The molecule has 0 bridgehead atoms. The molecule has 178 valence electrons. The zero-order valence-corrected chi connectivity index (χ0v) is 20.6. The predicted octanol–water partition coefficient (Wildman–Crippen LogP) is 4.78. The highest BCUT2D eigenvalue weighted by molar-refractivity contribution is 6.39. The van der Waals surface area contributed by atoms with Gasteiger partial charge in [0.15, 0.2) is 0 Å². The largest absolute Gasteiger partial charge is 0.497 e. The third-order valence-electron chi connectivity index (χ3n) is 6.82. The molecule has 4 rings (SSSR count). The minimum atomic E-state index is -0.770. The summed E-state index contributed by atoms with van der Waals surface area (Å²) >= 11 is 0. The molecular weight excluding hydrogens is 430 g/mol. The van der Waals surface area contributed by atoms with Crippen LogP contribution in [0.1, 0.15) is 56.7 Å². The van der Waals surface area contributed by atoms with Gasteiger partial charge in [-0.2, -0.15) is 0 Å². The van der Waals surface area contributed by atoms with Crippen molar-refractivity contribution in [1.29, 1.82) is 0 Å². The van der Waals surface area contributed by atoms with Gasteiger partial charge in [-0.1, -0.05) is 6.92 Å². The number of hydrogen-bond donors (Lipinski definition) is 1. The highest BCUT2D eigenvalue weighted by atomic mass is 16.5. The van der Waals surface area contributed by atoms with E-state index in [9.17, 15) is 14.4 Å². The number of carbonyl (C=O) groups is 3. The summed E-state index contributed by atoms with van der Waals surface area (Å²) in [5, 5.41) is 2.29. The lowest BCUT2D eigenvalue weighted by Crippen LogP contribution is -2.54. The number of ether oxygens (including phenoxy) is 1. The maximum atomic E-state index is 13.3. The number of aryl methyl sites for hydroxylation is 1. The van der Waals surface area contributed by atoms with E-state index in [4.69, 9.17) is 4.74 Å². The van der Waals surface area contributed by atoms with Crippen LogP contribution in [0, 0.1) is 6.92 Å². The Morgan fingerprint density at radius 3 is 2.44 bits per heavy atom. The van der Waals surface area contributed by atoms with Gasteiger partial charge >= 0.3 is 6.03 Å². The number of nitrogens with one attached hydrogen (secondary N) is 1. The number of barbiturate groups is 1. The summed E-state index contributed by atoms with van der Waals surface area (Å²) in [4.78, 5) is 41.9. The number of anilines is 2. The van der Waals surface area contributed by atoms with Crippen molar-refractivity contribution in [3.05, 3.63) is 58.7 Å². The van der Waals surface area contributed by atoms with Gasteiger partial charge in [-0.25, -0.2) is 9.69 Å². The van der Waals surface area contributed by atoms with E-state index in [2.05, 4.69) is 50.0 Å². The third-order valence-corrected chi connectivity index (χ3v) is 6.82. The molecule has 2 aliphatic heterocycles. The lowest BCUT2D eigenvalue weighted by atomic mass is 9.79. The molecule has 1 saturated heterocycles. The van der Waals surface area contributed by atoms with Crippen LogP contribution in [0.3, 0.4) is 0 Å².